The number of piperazine rings is 1. The number of nitrogens with zero attached hydrogens (tertiary/aromatic N) is 2. The van der Waals surface area contributed by atoms with Crippen molar-refractivity contribution in [2.24, 2.45) is 0 Å². The Morgan fingerprint density at radius 1 is 1.14 bits per heavy atom. The van der Waals surface area contributed by atoms with Gasteiger partial charge in [0.1, 0.15) is 5.75 Å². The van der Waals surface area contributed by atoms with Crippen molar-refractivity contribution in [3.63, 3.8) is 0 Å². The fourth-order valence-corrected chi connectivity index (χ4v) is 2.80. The Bertz CT molecular complexity index is 399. The van der Waals surface area contributed by atoms with Gasteiger partial charge in [0.25, 0.3) is 0 Å². The monoisotopic (exact) mass is 291 g/mol. The van der Waals surface area contributed by atoms with Crippen LogP contribution in [0.4, 0.5) is 0 Å². The lowest BCUT2D eigenvalue weighted by Gasteiger charge is -2.32. The van der Waals surface area contributed by atoms with E-state index in [1.54, 1.807) is 7.11 Å². The van der Waals surface area contributed by atoms with Crippen molar-refractivity contribution in [3.05, 3.63) is 29.8 Å². The molecular formula is C17H29N3O. The van der Waals surface area contributed by atoms with Gasteiger partial charge in [-0.05, 0) is 31.2 Å². The SMILES string of the molecule is CCC(NCCN1CCN(C)CC1)c1ccc(OC)cc1. The molecule has 1 unspecified atom stereocenters. The van der Waals surface area contributed by atoms with E-state index in [1.807, 2.05) is 12.1 Å². The van der Waals surface area contributed by atoms with Gasteiger partial charge in [0, 0.05) is 45.3 Å². The van der Waals surface area contributed by atoms with Gasteiger partial charge < -0.3 is 15.0 Å². The van der Waals surface area contributed by atoms with Crippen molar-refractivity contribution >= 4 is 0 Å². The van der Waals surface area contributed by atoms with Crippen LogP contribution < -0.4 is 10.1 Å². The van der Waals surface area contributed by atoms with E-state index >= 15 is 0 Å². The molecule has 4 heteroatoms. The summed E-state index contributed by atoms with van der Waals surface area (Å²) in [5, 5.41) is 3.69. The first-order valence-electron chi connectivity index (χ1n) is 8.01. The highest BCUT2D eigenvalue weighted by Gasteiger charge is 2.14. The van der Waals surface area contributed by atoms with Gasteiger partial charge in [-0.1, -0.05) is 19.1 Å². The number of benzene rings is 1. The van der Waals surface area contributed by atoms with Crippen molar-refractivity contribution in [2.45, 2.75) is 19.4 Å². The first-order valence-corrected chi connectivity index (χ1v) is 8.01. The summed E-state index contributed by atoms with van der Waals surface area (Å²) in [7, 11) is 3.91. The van der Waals surface area contributed by atoms with E-state index in [-0.39, 0.29) is 0 Å². The highest BCUT2D eigenvalue weighted by molar-refractivity contribution is 5.29. The molecule has 1 fully saturated rings. The topological polar surface area (TPSA) is 27.7 Å². The highest BCUT2D eigenvalue weighted by atomic mass is 16.5. The molecule has 21 heavy (non-hydrogen) atoms. The Kier molecular flexibility index (Phi) is 6.49. The van der Waals surface area contributed by atoms with Crippen molar-refractivity contribution in [2.75, 3.05) is 53.4 Å². The molecule has 0 radical (unpaired) electrons. The molecular weight excluding hydrogens is 262 g/mol. The summed E-state index contributed by atoms with van der Waals surface area (Å²) >= 11 is 0. The molecule has 1 atom stereocenters. The molecule has 1 aliphatic rings. The van der Waals surface area contributed by atoms with Crippen LogP contribution in [-0.2, 0) is 0 Å². The fraction of sp³-hybridized carbons (Fsp3) is 0.647. The van der Waals surface area contributed by atoms with E-state index < -0.39 is 0 Å². The lowest BCUT2D eigenvalue weighted by molar-refractivity contribution is 0.153. The van der Waals surface area contributed by atoms with Gasteiger partial charge in [0.05, 0.1) is 7.11 Å². The Hall–Kier alpha value is -1.10. The first-order chi connectivity index (χ1) is 10.2. The van der Waals surface area contributed by atoms with Gasteiger partial charge in [-0.2, -0.15) is 0 Å². The predicted octanol–water partition coefficient (Wildman–Crippen LogP) is 1.98. The minimum absolute atomic E-state index is 0.434. The van der Waals surface area contributed by atoms with Gasteiger partial charge in [-0.15, -0.1) is 0 Å². The summed E-state index contributed by atoms with van der Waals surface area (Å²) < 4.78 is 5.22. The molecule has 118 valence electrons. The number of hydrogen-bond acceptors (Lipinski definition) is 4. The Labute approximate surface area is 129 Å². The third-order valence-corrected chi connectivity index (χ3v) is 4.34. The molecule has 2 rings (SSSR count). The number of likely N-dealkylation sites (N-methyl/N-ethyl adjacent to an activating group) is 1. The quantitative estimate of drug-likeness (QED) is 0.831. The van der Waals surface area contributed by atoms with E-state index in [0.717, 1.165) is 25.3 Å². The second-order valence-electron chi connectivity index (χ2n) is 5.83. The third kappa shape index (κ3) is 4.99. The summed E-state index contributed by atoms with van der Waals surface area (Å²) in [5.41, 5.74) is 1.34. The minimum atomic E-state index is 0.434. The molecule has 0 aliphatic carbocycles. The molecule has 1 heterocycles. The van der Waals surface area contributed by atoms with Crippen LogP contribution in [0.1, 0.15) is 24.9 Å². The summed E-state index contributed by atoms with van der Waals surface area (Å²) in [6, 6.07) is 8.84. The fourth-order valence-electron chi connectivity index (χ4n) is 2.80. The number of methoxy groups -OCH3 is 1. The van der Waals surface area contributed by atoms with E-state index in [1.165, 1.54) is 31.7 Å². The summed E-state index contributed by atoms with van der Waals surface area (Å²) in [5.74, 6) is 0.922. The van der Waals surface area contributed by atoms with Gasteiger partial charge >= 0.3 is 0 Å². The Morgan fingerprint density at radius 3 is 2.38 bits per heavy atom. The van der Waals surface area contributed by atoms with Crippen LogP contribution in [0.15, 0.2) is 24.3 Å². The molecule has 1 aromatic rings. The van der Waals surface area contributed by atoms with Gasteiger partial charge in [0.2, 0.25) is 0 Å². The second-order valence-corrected chi connectivity index (χ2v) is 5.83. The van der Waals surface area contributed by atoms with Crippen molar-refractivity contribution in [1.82, 2.24) is 15.1 Å². The van der Waals surface area contributed by atoms with Gasteiger partial charge in [0.15, 0.2) is 0 Å². The largest absolute Gasteiger partial charge is 0.497 e. The van der Waals surface area contributed by atoms with E-state index in [0.29, 0.717) is 6.04 Å². The highest BCUT2D eigenvalue weighted by Crippen LogP contribution is 2.19. The van der Waals surface area contributed by atoms with Crippen molar-refractivity contribution in [3.8, 4) is 5.75 Å². The zero-order chi connectivity index (χ0) is 15.1. The van der Waals surface area contributed by atoms with Crippen LogP contribution in [-0.4, -0.2) is 63.2 Å². The maximum absolute atomic E-state index is 5.22. The number of rotatable bonds is 7. The average molecular weight is 291 g/mol. The maximum atomic E-state index is 5.22. The lowest BCUT2D eigenvalue weighted by Crippen LogP contribution is -2.46. The molecule has 1 aromatic carbocycles. The Morgan fingerprint density at radius 2 is 1.81 bits per heavy atom. The molecule has 0 bridgehead atoms. The smallest absolute Gasteiger partial charge is 0.118 e. The second kappa shape index (κ2) is 8.37. The van der Waals surface area contributed by atoms with E-state index in [4.69, 9.17) is 4.74 Å². The summed E-state index contributed by atoms with van der Waals surface area (Å²) in [6.07, 6.45) is 1.11. The summed E-state index contributed by atoms with van der Waals surface area (Å²) in [4.78, 5) is 4.95. The predicted molar refractivity (Wildman–Crippen MR) is 88.0 cm³/mol. The lowest BCUT2D eigenvalue weighted by atomic mass is 10.0. The number of hydrogen-bond donors (Lipinski definition) is 1. The molecule has 4 nitrogen and oxygen atoms in total. The number of ether oxygens (including phenoxy) is 1. The van der Waals surface area contributed by atoms with Crippen LogP contribution in [0, 0.1) is 0 Å². The van der Waals surface area contributed by atoms with Crippen LogP contribution >= 0.6 is 0 Å². The molecule has 1 N–H and O–H groups in total. The minimum Gasteiger partial charge on any atom is -0.497 e. The number of nitrogens with one attached hydrogen (secondary N) is 1. The van der Waals surface area contributed by atoms with Crippen LogP contribution in [0.5, 0.6) is 5.75 Å². The molecule has 0 spiro atoms. The van der Waals surface area contributed by atoms with E-state index in [2.05, 4.69) is 41.2 Å². The standard InChI is InChI=1S/C17H29N3O/c1-4-17(15-5-7-16(21-3)8-6-15)18-9-10-20-13-11-19(2)12-14-20/h5-8,17-18H,4,9-14H2,1-3H3. The van der Waals surface area contributed by atoms with Gasteiger partial charge in [-0.3, -0.25) is 4.90 Å². The normalized spacial score (nSPS) is 18.6. The zero-order valence-electron chi connectivity index (χ0n) is 13.6. The molecule has 0 aromatic heterocycles. The van der Waals surface area contributed by atoms with Crippen LogP contribution in [0.3, 0.4) is 0 Å². The summed E-state index contributed by atoms with van der Waals surface area (Å²) in [6.45, 7) is 9.19. The van der Waals surface area contributed by atoms with Gasteiger partial charge in [-0.25, -0.2) is 0 Å². The third-order valence-electron chi connectivity index (χ3n) is 4.34. The van der Waals surface area contributed by atoms with Crippen molar-refractivity contribution in [1.29, 1.82) is 0 Å². The van der Waals surface area contributed by atoms with Crippen LogP contribution in [0.25, 0.3) is 0 Å². The molecule has 0 amide bonds. The zero-order valence-corrected chi connectivity index (χ0v) is 13.6. The molecule has 0 saturated carbocycles. The van der Waals surface area contributed by atoms with Crippen molar-refractivity contribution < 1.29 is 4.74 Å². The van der Waals surface area contributed by atoms with Crippen LogP contribution in [0.2, 0.25) is 0 Å². The molecule has 1 saturated heterocycles. The van der Waals surface area contributed by atoms with E-state index in [9.17, 15) is 0 Å². The molecule has 1 aliphatic heterocycles. The Balaban J connectivity index is 1.76. The maximum Gasteiger partial charge on any atom is 0.118 e. The first kappa shape index (κ1) is 16.3. The average Bonchev–Trinajstić information content (AvgIpc) is 2.53.